The molecule has 1 aliphatic rings. The lowest BCUT2D eigenvalue weighted by Gasteiger charge is -2.24. The lowest BCUT2D eigenvalue weighted by atomic mass is 9.93. The van der Waals surface area contributed by atoms with Crippen LogP contribution in [0.25, 0.3) is 0 Å². The summed E-state index contributed by atoms with van der Waals surface area (Å²) >= 11 is 2.90. The molecule has 10 heteroatoms. The maximum absolute atomic E-state index is 13.1. The maximum atomic E-state index is 13.1. The molecule has 0 fully saturated rings. The number of alkyl halides is 4. The number of hydrogen-bond donors (Lipinski definition) is 2. The van der Waals surface area contributed by atoms with Gasteiger partial charge in [-0.15, -0.1) is 0 Å². The highest BCUT2D eigenvalue weighted by Crippen LogP contribution is 2.38. The molecule has 0 bridgehead atoms. The molecule has 5 nitrogen and oxygen atoms in total. The number of hydrogen-bond acceptors (Lipinski definition) is 4. The molecule has 1 aromatic rings. The summed E-state index contributed by atoms with van der Waals surface area (Å²) in [6.07, 6.45) is -4.94. The largest absolute Gasteiger partial charge is 0.408 e. The monoisotopic (exact) mass is 428 g/mol. The van der Waals surface area contributed by atoms with Crippen molar-refractivity contribution >= 4 is 37.4 Å². The van der Waals surface area contributed by atoms with Gasteiger partial charge >= 0.3 is 6.18 Å². The minimum atomic E-state index is -4.58. The number of carbonyl (C=O) groups excluding carboxylic acids is 1. The van der Waals surface area contributed by atoms with Crippen LogP contribution in [0.3, 0.4) is 0 Å². The van der Waals surface area contributed by atoms with Gasteiger partial charge in [-0.2, -0.15) is 13.2 Å². The average Bonchev–Trinajstić information content (AvgIpc) is 2.87. The summed E-state index contributed by atoms with van der Waals surface area (Å²) < 4.78 is 62.9. The number of nitrogens with one attached hydrogen (secondary N) is 2. The summed E-state index contributed by atoms with van der Waals surface area (Å²) in [4.78, 5) is 11.1. The third kappa shape index (κ3) is 4.21. The van der Waals surface area contributed by atoms with Gasteiger partial charge in [0.1, 0.15) is 10.7 Å². The molecular formula is C14H16BrF3N2O3S. The quantitative estimate of drug-likeness (QED) is 0.707. The van der Waals surface area contributed by atoms with Gasteiger partial charge in [0.05, 0.1) is 4.90 Å². The van der Waals surface area contributed by atoms with E-state index in [-0.39, 0.29) is 22.5 Å². The smallest absolute Gasteiger partial charge is 0.384 e. The predicted octanol–water partition coefficient (Wildman–Crippen LogP) is 2.78. The second-order valence-electron chi connectivity index (χ2n) is 5.58. The van der Waals surface area contributed by atoms with Crippen molar-refractivity contribution in [2.75, 3.05) is 16.5 Å². The van der Waals surface area contributed by atoms with Gasteiger partial charge in [-0.25, -0.2) is 8.42 Å². The highest BCUT2D eigenvalue weighted by molar-refractivity contribution is 9.10. The molecule has 2 rings (SSSR count). The summed E-state index contributed by atoms with van der Waals surface area (Å²) in [6.45, 7) is 1.28. The molecule has 0 saturated heterocycles. The number of sulfone groups is 1. The van der Waals surface area contributed by atoms with Crippen LogP contribution in [0.15, 0.2) is 23.1 Å². The summed E-state index contributed by atoms with van der Waals surface area (Å²) in [5.74, 6) is -1.32. The van der Waals surface area contributed by atoms with E-state index in [1.807, 2.05) is 5.32 Å². The van der Waals surface area contributed by atoms with Gasteiger partial charge in [0, 0.05) is 25.1 Å². The Morgan fingerprint density at radius 1 is 1.46 bits per heavy atom. The van der Waals surface area contributed by atoms with Crippen molar-refractivity contribution in [1.82, 2.24) is 5.32 Å². The zero-order valence-corrected chi connectivity index (χ0v) is 15.1. The standard InChI is InChI=1S/C14H16BrF3N2O3S/c1-8(21)20-13(14(16,17)18)4-9-6-19-12-3-2-10(5-11(9)12)24(22,23)7-15/h2-3,5,9,13,19H,4,6-7H2,1H3,(H,20,21). The first-order valence-corrected chi connectivity index (χ1v) is 9.82. The zero-order valence-electron chi connectivity index (χ0n) is 12.7. The predicted molar refractivity (Wildman–Crippen MR) is 86.9 cm³/mol. The molecule has 2 atom stereocenters. The number of benzene rings is 1. The van der Waals surface area contributed by atoms with Gasteiger partial charge in [-0.1, -0.05) is 15.9 Å². The van der Waals surface area contributed by atoms with E-state index in [2.05, 4.69) is 21.2 Å². The number of rotatable bonds is 5. The first-order valence-electron chi connectivity index (χ1n) is 7.05. The van der Waals surface area contributed by atoms with Crippen molar-refractivity contribution in [3.63, 3.8) is 0 Å². The SMILES string of the molecule is CC(=O)NC(CC1CNc2ccc(S(=O)(=O)CBr)cc21)C(F)(F)F. The summed E-state index contributed by atoms with van der Waals surface area (Å²) in [5.41, 5.74) is 1.12. The van der Waals surface area contributed by atoms with Crippen molar-refractivity contribution in [2.24, 2.45) is 0 Å². The van der Waals surface area contributed by atoms with Gasteiger partial charge < -0.3 is 10.6 Å². The fourth-order valence-electron chi connectivity index (χ4n) is 2.65. The van der Waals surface area contributed by atoms with E-state index in [1.165, 1.54) is 12.1 Å². The molecule has 1 aromatic carbocycles. The van der Waals surface area contributed by atoms with Crippen LogP contribution in [-0.4, -0.2) is 37.7 Å². The highest BCUT2D eigenvalue weighted by Gasteiger charge is 2.42. The van der Waals surface area contributed by atoms with Crippen molar-refractivity contribution in [3.8, 4) is 0 Å². The molecule has 0 radical (unpaired) electrons. The fraction of sp³-hybridized carbons (Fsp3) is 0.500. The lowest BCUT2D eigenvalue weighted by Crippen LogP contribution is -2.45. The van der Waals surface area contributed by atoms with Crippen molar-refractivity contribution in [3.05, 3.63) is 23.8 Å². The molecule has 0 aromatic heterocycles. The third-order valence-electron chi connectivity index (χ3n) is 3.80. The molecule has 0 spiro atoms. The molecule has 2 N–H and O–H groups in total. The van der Waals surface area contributed by atoms with E-state index in [0.717, 1.165) is 6.92 Å². The van der Waals surface area contributed by atoms with E-state index >= 15 is 0 Å². The molecule has 1 amide bonds. The van der Waals surface area contributed by atoms with Crippen LogP contribution in [0.4, 0.5) is 18.9 Å². The van der Waals surface area contributed by atoms with Crippen LogP contribution in [0.1, 0.15) is 24.8 Å². The molecule has 1 heterocycles. The first-order chi connectivity index (χ1) is 11.0. The minimum Gasteiger partial charge on any atom is -0.384 e. The average molecular weight is 429 g/mol. The lowest BCUT2D eigenvalue weighted by molar-refractivity contribution is -0.163. The Morgan fingerprint density at radius 3 is 2.67 bits per heavy atom. The van der Waals surface area contributed by atoms with Crippen LogP contribution in [-0.2, 0) is 14.6 Å². The Kier molecular flexibility index (Phi) is 5.48. The number of halogens is 4. The van der Waals surface area contributed by atoms with Crippen molar-refractivity contribution in [2.45, 2.75) is 36.4 Å². The number of fused-ring (bicyclic) bond motifs is 1. The fourth-order valence-corrected chi connectivity index (χ4v) is 4.15. The molecule has 1 aliphatic heterocycles. The van der Waals surface area contributed by atoms with Crippen LogP contribution < -0.4 is 10.6 Å². The van der Waals surface area contributed by atoms with Gasteiger partial charge in [-0.05, 0) is 30.2 Å². The van der Waals surface area contributed by atoms with Crippen molar-refractivity contribution < 1.29 is 26.4 Å². The number of carbonyl (C=O) groups is 1. The molecule has 0 saturated carbocycles. The number of amides is 1. The summed E-state index contributed by atoms with van der Waals surface area (Å²) in [5, 5.41) is 4.89. The van der Waals surface area contributed by atoms with Crippen molar-refractivity contribution in [1.29, 1.82) is 0 Å². The van der Waals surface area contributed by atoms with E-state index in [0.29, 0.717) is 11.3 Å². The highest BCUT2D eigenvalue weighted by atomic mass is 79.9. The van der Waals surface area contributed by atoms with E-state index in [9.17, 15) is 26.4 Å². The Labute approximate surface area is 146 Å². The van der Waals surface area contributed by atoms with Crippen LogP contribution >= 0.6 is 15.9 Å². The Balaban J connectivity index is 2.30. The molecule has 0 aliphatic carbocycles. The molecular weight excluding hydrogens is 413 g/mol. The van der Waals surface area contributed by atoms with E-state index in [4.69, 9.17) is 0 Å². The van der Waals surface area contributed by atoms with Gasteiger partial charge in [0.25, 0.3) is 0 Å². The molecule has 24 heavy (non-hydrogen) atoms. The first kappa shape index (κ1) is 19.0. The van der Waals surface area contributed by atoms with E-state index in [1.54, 1.807) is 6.07 Å². The molecule has 134 valence electrons. The Bertz CT molecular complexity index is 737. The minimum absolute atomic E-state index is 0.0508. The van der Waals surface area contributed by atoms with Gasteiger partial charge in [-0.3, -0.25) is 4.79 Å². The number of anilines is 1. The Morgan fingerprint density at radius 2 is 2.12 bits per heavy atom. The van der Waals surface area contributed by atoms with Gasteiger partial charge in [0.2, 0.25) is 5.91 Å². The van der Waals surface area contributed by atoms with Crippen LogP contribution in [0, 0.1) is 0 Å². The summed E-state index contributed by atoms with van der Waals surface area (Å²) in [6, 6.07) is 2.38. The van der Waals surface area contributed by atoms with Crippen LogP contribution in [0.5, 0.6) is 0 Å². The maximum Gasteiger partial charge on any atom is 0.408 e. The second kappa shape index (κ2) is 6.91. The Hall–Kier alpha value is -1.29. The second-order valence-corrected chi connectivity index (χ2v) is 8.87. The van der Waals surface area contributed by atoms with E-state index < -0.39 is 33.9 Å². The normalized spacial score (nSPS) is 18.6. The third-order valence-corrected chi connectivity index (χ3v) is 6.87. The van der Waals surface area contributed by atoms with Crippen LogP contribution in [0.2, 0.25) is 0 Å². The topological polar surface area (TPSA) is 75.3 Å². The van der Waals surface area contributed by atoms with Gasteiger partial charge in [0.15, 0.2) is 9.84 Å². The molecule has 2 unspecified atom stereocenters. The zero-order chi connectivity index (χ0) is 18.1. The summed E-state index contributed by atoms with van der Waals surface area (Å²) in [7, 11) is -3.52.